The summed E-state index contributed by atoms with van der Waals surface area (Å²) in [5.41, 5.74) is -0.220. The molecule has 0 unspecified atom stereocenters. The van der Waals surface area contributed by atoms with Crippen LogP contribution in [0.15, 0.2) is 27.5 Å². The van der Waals surface area contributed by atoms with Crippen molar-refractivity contribution in [1.29, 1.82) is 0 Å². The molecule has 0 fully saturated rings. The molecule has 0 bridgehead atoms. The zero-order chi connectivity index (χ0) is 13.3. The van der Waals surface area contributed by atoms with Crippen molar-refractivity contribution in [2.45, 2.75) is 0 Å². The van der Waals surface area contributed by atoms with E-state index in [1.165, 1.54) is 19.2 Å². The van der Waals surface area contributed by atoms with E-state index in [1.54, 1.807) is 0 Å². The van der Waals surface area contributed by atoms with Crippen LogP contribution >= 0.6 is 15.9 Å². The summed E-state index contributed by atoms with van der Waals surface area (Å²) in [7, 11) is 1.35. The van der Waals surface area contributed by atoms with Crippen LogP contribution in [0.4, 0.5) is 4.39 Å². The number of hydrogen-bond acceptors (Lipinski definition) is 4. The lowest BCUT2D eigenvalue weighted by Crippen LogP contribution is -2.09. The van der Waals surface area contributed by atoms with E-state index in [-0.39, 0.29) is 16.0 Å². The minimum absolute atomic E-state index is 0.0692. The maximum atomic E-state index is 13.5. The number of aromatic amines is 1. The summed E-state index contributed by atoms with van der Waals surface area (Å²) in [4.78, 5) is 17.6. The summed E-state index contributed by atoms with van der Waals surface area (Å²) in [5.74, 6) is -0.880. The minimum atomic E-state index is -0.583. The standard InChI is InChI=1S/C11H8BrFN2O3/c1-18-7-3-2-5(4-6(7)13)9-14-10(16)8(12)11(17)15-9/h2-4H,1H3,(H2,14,15,16,17). The van der Waals surface area contributed by atoms with Crippen LogP contribution in [-0.4, -0.2) is 22.2 Å². The first kappa shape index (κ1) is 12.6. The number of hydrogen-bond donors (Lipinski definition) is 2. The summed E-state index contributed by atoms with van der Waals surface area (Å²) in [6.07, 6.45) is 0. The third kappa shape index (κ3) is 2.21. The number of rotatable bonds is 2. The zero-order valence-corrected chi connectivity index (χ0v) is 10.8. The lowest BCUT2D eigenvalue weighted by Gasteiger charge is -2.05. The van der Waals surface area contributed by atoms with Crippen molar-refractivity contribution in [3.8, 4) is 23.0 Å². The van der Waals surface area contributed by atoms with E-state index >= 15 is 0 Å². The van der Waals surface area contributed by atoms with Crippen LogP contribution in [-0.2, 0) is 0 Å². The van der Waals surface area contributed by atoms with Crippen LogP contribution in [0, 0.1) is 5.82 Å². The number of ether oxygens (including phenoxy) is 1. The average Bonchev–Trinajstić information content (AvgIpc) is 2.35. The summed E-state index contributed by atoms with van der Waals surface area (Å²) in [6.45, 7) is 0. The van der Waals surface area contributed by atoms with Crippen LogP contribution in [0.2, 0.25) is 0 Å². The Hall–Kier alpha value is -1.89. The quantitative estimate of drug-likeness (QED) is 0.889. The number of nitrogens with zero attached hydrogens (tertiary/aromatic N) is 1. The number of nitrogens with one attached hydrogen (secondary N) is 1. The van der Waals surface area contributed by atoms with Gasteiger partial charge in [0.1, 0.15) is 10.3 Å². The van der Waals surface area contributed by atoms with Gasteiger partial charge in [0.2, 0.25) is 5.88 Å². The molecule has 1 aromatic carbocycles. The molecule has 5 nitrogen and oxygen atoms in total. The van der Waals surface area contributed by atoms with Crippen molar-refractivity contribution in [2.75, 3.05) is 7.11 Å². The van der Waals surface area contributed by atoms with Crippen molar-refractivity contribution in [3.05, 3.63) is 38.8 Å². The Morgan fingerprint density at radius 2 is 2.22 bits per heavy atom. The van der Waals surface area contributed by atoms with Crippen molar-refractivity contribution >= 4 is 15.9 Å². The van der Waals surface area contributed by atoms with Gasteiger partial charge in [-0.2, -0.15) is 4.98 Å². The van der Waals surface area contributed by atoms with Gasteiger partial charge in [-0.25, -0.2) is 4.39 Å². The Labute approximate surface area is 109 Å². The van der Waals surface area contributed by atoms with Crippen LogP contribution < -0.4 is 10.3 Å². The molecule has 0 saturated heterocycles. The van der Waals surface area contributed by atoms with Crippen molar-refractivity contribution in [2.24, 2.45) is 0 Å². The van der Waals surface area contributed by atoms with E-state index in [2.05, 4.69) is 25.9 Å². The molecule has 94 valence electrons. The highest BCUT2D eigenvalue weighted by Crippen LogP contribution is 2.25. The number of H-pyrrole nitrogens is 1. The normalized spacial score (nSPS) is 10.4. The van der Waals surface area contributed by atoms with Crippen LogP contribution in [0.3, 0.4) is 0 Å². The molecule has 0 atom stereocenters. The highest BCUT2D eigenvalue weighted by Gasteiger charge is 2.11. The molecule has 2 aromatic rings. The molecule has 0 amide bonds. The van der Waals surface area contributed by atoms with Gasteiger partial charge in [-0.1, -0.05) is 0 Å². The fourth-order valence-electron chi connectivity index (χ4n) is 1.40. The fourth-order valence-corrected chi connectivity index (χ4v) is 1.59. The van der Waals surface area contributed by atoms with Gasteiger partial charge in [-0.15, -0.1) is 0 Å². The average molecular weight is 315 g/mol. The second-order valence-electron chi connectivity index (χ2n) is 3.40. The van der Waals surface area contributed by atoms with E-state index in [0.717, 1.165) is 6.07 Å². The predicted molar refractivity (Wildman–Crippen MR) is 66.2 cm³/mol. The first-order valence-electron chi connectivity index (χ1n) is 4.85. The lowest BCUT2D eigenvalue weighted by atomic mass is 10.2. The van der Waals surface area contributed by atoms with Crippen LogP contribution in [0.5, 0.6) is 11.6 Å². The number of aromatic hydroxyl groups is 1. The highest BCUT2D eigenvalue weighted by atomic mass is 79.9. The molecule has 0 radical (unpaired) electrons. The summed E-state index contributed by atoms with van der Waals surface area (Å²) >= 11 is 2.87. The van der Waals surface area contributed by atoms with Gasteiger partial charge in [-0.3, -0.25) is 4.79 Å². The Kier molecular flexibility index (Phi) is 3.33. The molecule has 2 N–H and O–H groups in total. The molecule has 1 heterocycles. The van der Waals surface area contributed by atoms with Gasteiger partial charge in [0, 0.05) is 5.56 Å². The van der Waals surface area contributed by atoms with Gasteiger partial charge in [0.05, 0.1) is 7.11 Å². The number of methoxy groups -OCH3 is 1. The van der Waals surface area contributed by atoms with E-state index in [9.17, 15) is 14.3 Å². The summed E-state index contributed by atoms with van der Waals surface area (Å²) in [6, 6.07) is 4.09. The third-order valence-electron chi connectivity index (χ3n) is 2.27. The molecule has 0 aliphatic heterocycles. The second-order valence-corrected chi connectivity index (χ2v) is 4.19. The molecule has 18 heavy (non-hydrogen) atoms. The predicted octanol–water partition coefficient (Wildman–Crippen LogP) is 2.05. The van der Waals surface area contributed by atoms with Gasteiger partial charge in [0.15, 0.2) is 11.6 Å². The van der Waals surface area contributed by atoms with E-state index in [0.29, 0.717) is 5.56 Å². The van der Waals surface area contributed by atoms with E-state index in [4.69, 9.17) is 4.74 Å². The Balaban J connectivity index is 2.56. The highest BCUT2D eigenvalue weighted by molar-refractivity contribution is 9.10. The molecule has 0 saturated carbocycles. The molecular formula is C11H8BrFN2O3. The van der Waals surface area contributed by atoms with E-state index < -0.39 is 17.3 Å². The van der Waals surface area contributed by atoms with E-state index in [1.807, 2.05) is 0 Å². The zero-order valence-electron chi connectivity index (χ0n) is 9.20. The molecule has 1 aromatic heterocycles. The molecular weight excluding hydrogens is 307 g/mol. The van der Waals surface area contributed by atoms with Crippen molar-refractivity contribution < 1.29 is 14.2 Å². The van der Waals surface area contributed by atoms with Gasteiger partial charge < -0.3 is 14.8 Å². The largest absolute Gasteiger partial charge is 0.494 e. The fraction of sp³-hybridized carbons (Fsp3) is 0.0909. The third-order valence-corrected chi connectivity index (χ3v) is 2.99. The van der Waals surface area contributed by atoms with Gasteiger partial charge in [-0.05, 0) is 34.1 Å². The number of aromatic nitrogens is 2. The van der Waals surface area contributed by atoms with Crippen LogP contribution in [0.1, 0.15) is 0 Å². The molecule has 7 heteroatoms. The minimum Gasteiger partial charge on any atom is -0.494 e. The Morgan fingerprint density at radius 1 is 1.50 bits per heavy atom. The Morgan fingerprint density at radius 3 is 2.78 bits per heavy atom. The lowest BCUT2D eigenvalue weighted by molar-refractivity contribution is 0.386. The molecule has 2 rings (SSSR count). The monoisotopic (exact) mass is 314 g/mol. The molecule has 0 aliphatic rings. The second kappa shape index (κ2) is 4.77. The Bertz CT molecular complexity index is 657. The molecule has 0 spiro atoms. The maximum absolute atomic E-state index is 13.5. The maximum Gasteiger partial charge on any atom is 0.269 e. The van der Waals surface area contributed by atoms with Gasteiger partial charge >= 0.3 is 0 Å². The molecule has 0 aliphatic carbocycles. The summed E-state index contributed by atoms with van der Waals surface area (Å²) in [5, 5.41) is 9.42. The number of benzene rings is 1. The smallest absolute Gasteiger partial charge is 0.269 e. The topological polar surface area (TPSA) is 75.2 Å². The summed E-state index contributed by atoms with van der Waals surface area (Å²) < 4.78 is 18.2. The SMILES string of the molecule is COc1ccc(-c2nc(O)c(Br)c(=O)[nH]2)cc1F. The van der Waals surface area contributed by atoms with Crippen molar-refractivity contribution in [1.82, 2.24) is 9.97 Å². The first-order chi connectivity index (χ1) is 8.52. The van der Waals surface area contributed by atoms with Gasteiger partial charge in [0.25, 0.3) is 5.56 Å². The number of halogens is 2. The van der Waals surface area contributed by atoms with Crippen molar-refractivity contribution in [3.63, 3.8) is 0 Å². The first-order valence-corrected chi connectivity index (χ1v) is 5.65. The van der Waals surface area contributed by atoms with Crippen LogP contribution in [0.25, 0.3) is 11.4 Å².